The molecule has 1 atom stereocenters. The van der Waals surface area contributed by atoms with E-state index < -0.39 is 28.0 Å². The van der Waals surface area contributed by atoms with Gasteiger partial charge in [-0.15, -0.1) is 0 Å². The standard InChI is InChI=1S/C19H24N2O6S/c1-13(2)21(4)28(24,25)17-9-5-7-15(11-17)19(23)27-14(3)18(22)20-12-16-8-6-10-26-16/h5-11,13-14H,12H2,1-4H3,(H,20,22). The number of esters is 1. The van der Waals surface area contributed by atoms with Crippen LogP contribution in [0, 0.1) is 0 Å². The molecule has 0 radical (unpaired) electrons. The third-order valence-corrected chi connectivity index (χ3v) is 6.17. The molecule has 2 aromatic rings. The molecule has 28 heavy (non-hydrogen) atoms. The molecule has 0 aliphatic rings. The average molecular weight is 408 g/mol. The Morgan fingerprint density at radius 1 is 1.18 bits per heavy atom. The molecule has 0 saturated carbocycles. The molecule has 152 valence electrons. The zero-order valence-corrected chi connectivity index (χ0v) is 17.0. The molecule has 0 aliphatic heterocycles. The highest BCUT2D eigenvalue weighted by Gasteiger charge is 2.25. The number of amides is 1. The van der Waals surface area contributed by atoms with E-state index in [1.165, 1.54) is 48.8 Å². The van der Waals surface area contributed by atoms with E-state index in [2.05, 4.69) is 5.32 Å². The number of benzene rings is 1. The maximum Gasteiger partial charge on any atom is 0.338 e. The number of carbonyl (C=O) groups is 2. The van der Waals surface area contributed by atoms with Gasteiger partial charge < -0.3 is 14.5 Å². The number of sulfonamides is 1. The molecule has 0 aliphatic carbocycles. The quantitative estimate of drug-likeness (QED) is 0.671. The van der Waals surface area contributed by atoms with Crippen LogP contribution in [0.3, 0.4) is 0 Å². The Bertz CT molecular complexity index is 922. The molecule has 0 fully saturated rings. The molecule has 0 saturated heterocycles. The van der Waals surface area contributed by atoms with Crippen molar-refractivity contribution in [3.8, 4) is 0 Å². The summed E-state index contributed by atoms with van der Waals surface area (Å²) in [6.07, 6.45) is 0.434. The molecule has 1 N–H and O–H groups in total. The molecule has 1 aromatic heterocycles. The fourth-order valence-electron chi connectivity index (χ4n) is 2.24. The summed E-state index contributed by atoms with van der Waals surface area (Å²) in [5.74, 6) is -0.711. The number of nitrogens with zero attached hydrogens (tertiary/aromatic N) is 1. The number of rotatable bonds is 8. The topological polar surface area (TPSA) is 106 Å². The summed E-state index contributed by atoms with van der Waals surface area (Å²) in [7, 11) is -2.27. The summed E-state index contributed by atoms with van der Waals surface area (Å²) in [6, 6.07) is 8.70. The summed E-state index contributed by atoms with van der Waals surface area (Å²) in [5, 5.41) is 2.59. The van der Waals surface area contributed by atoms with Gasteiger partial charge in [-0.1, -0.05) is 6.07 Å². The molecule has 0 spiro atoms. The predicted octanol–water partition coefficient (Wildman–Crippen LogP) is 2.17. The third-order valence-electron chi connectivity index (χ3n) is 4.14. The van der Waals surface area contributed by atoms with Crippen molar-refractivity contribution in [1.29, 1.82) is 0 Å². The first-order valence-electron chi connectivity index (χ1n) is 8.72. The summed E-state index contributed by atoms with van der Waals surface area (Å²) >= 11 is 0. The van der Waals surface area contributed by atoms with E-state index in [0.717, 1.165) is 0 Å². The van der Waals surface area contributed by atoms with Crippen LogP contribution in [-0.4, -0.2) is 43.8 Å². The van der Waals surface area contributed by atoms with Gasteiger partial charge in [0.05, 0.1) is 23.3 Å². The fraction of sp³-hybridized carbons (Fsp3) is 0.368. The largest absolute Gasteiger partial charge is 0.467 e. The van der Waals surface area contributed by atoms with Gasteiger partial charge in [0, 0.05) is 13.1 Å². The van der Waals surface area contributed by atoms with E-state index in [1.807, 2.05) is 0 Å². The number of hydrogen-bond acceptors (Lipinski definition) is 6. The average Bonchev–Trinajstić information content (AvgIpc) is 3.18. The minimum Gasteiger partial charge on any atom is -0.467 e. The van der Waals surface area contributed by atoms with Crippen LogP contribution in [0.25, 0.3) is 0 Å². The lowest BCUT2D eigenvalue weighted by molar-refractivity contribution is -0.129. The molecule has 9 heteroatoms. The first kappa shape index (κ1) is 21.6. The number of furan rings is 1. The van der Waals surface area contributed by atoms with Gasteiger partial charge in [0.2, 0.25) is 10.0 Å². The van der Waals surface area contributed by atoms with Crippen molar-refractivity contribution in [2.45, 2.75) is 44.4 Å². The van der Waals surface area contributed by atoms with E-state index >= 15 is 0 Å². The Morgan fingerprint density at radius 2 is 1.89 bits per heavy atom. The smallest absolute Gasteiger partial charge is 0.338 e. The Labute approximate surface area is 164 Å². The van der Waals surface area contributed by atoms with Crippen molar-refractivity contribution in [2.24, 2.45) is 0 Å². The Balaban J connectivity index is 2.05. The molecule has 0 bridgehead atoms. The van der Waals surface area contributed by atoms with E-state index in [-0.39, 0.29) is 23.0 Å². The van der Waals surface area contributed by atoms with Gasteiger partial charge in [-0.3, -0.25) is 4.79 Å². The van der Waals surface area contributed by atoms with Crippen molar-refractivity contribution in [3.63, 3.8) is 0 Å². The van der Waals surface area contributed by atoms with Crippen LogP contribution < -0.4 is 5.32 Å². The SMILES string of the molecule is CC(OC(=O)c1cccc(S(=O)(=O)N(C)C(C)C)c1)C(=O)NCc1ccco1. The first-order valence-corrected chi connectivity index (χ1v) is 10.2. The molecule has 2 rings (SSSR count). The van der Waals surface area contributed by atoms with Crippen LogP contribution in [-0.2, 0) is 26.1 Å². The number of ether oxygens (including phenoxy) is 1. The lowest BCUT2D eigenvalue weighted by Gasteiger charge is -2.21. The minimum absolute atomic E-state index is 0.0203. The molecule has 1 aromatic carbocycles. The van der Waals surface area contributed by atoms with Crippen LogP contribution in [0.15, 0.2) is 52.0 Å². The second-order valence-corrected chi connectivity index (χ2v) is 8.49. The summed E-state index contributed by atoms with van der Waals surface area (Å²) in [5.41, 5.74) is 0.0453. The number of nitrogens with one attached hydrogen (secondary N) is 1. The van der Waals surface area contributed by atoms with Crippen molar-refractivity contribution in [1.82, 2.24) is 9.62 Å². The maximum atomic E-state index is 12.6. The second-order valence-electron chi connectivity index (χ2n) is 6.49. The van der Waals surface area contributed by atoms with Gasteiger partial charge in [0.1, 0.15) is 5.76 Å². The monoisotopic (exact) mass is 408 g/mol. The normalized spacial score (nSPS) is 12.8. The predicted molar refractivity (Wildman–Crippen MR) is 102 cm³/mol. The van der Waals surface area contributed by atoms with Crippen LogP contribution in [0.2, 0.25) is 0 Å². The van der Waals surface area contributed by atoms with Gasteiger partial charge in [0.25, 0.3) is 5.91 Å². The minimum atomic E-state index is -3.74. The van der Waals surface area contributed by atoms with Gasteiger partial charge in [-0.05, 0) is 51.1 Å². The van der Waals surface area contributed by atoms with Gasteiger partial charge in [-0.2, -0.15) is 4.31 Å². The Kier molecular flexibility index (Phi) is 6.98. The maximum absolute atomic E-state index is 12.6. The van der Waals surface area contributed by atoms with Crippen molar-refractivity contribution in [2.75, 3.05) is 7.05 Å². The molecule has 1 unspecified atom stereocenters. The van der Waals surface area contributed by atoms with E-state index in [1.54, 1.807) is 26.0 Å². The lowest BCUT2D eigenvalue weighted by atomic mass is 10.2. The Morgan fingerprint density at radius 3 is 2.50 bits per heavy atom. The Hall–Kier alpha value is -2.65. The highest BCUT2D eigenvalue weighted by atomic mass is 32.2. The van der Waals surface area contributed by atoms with Crippen molar-refractivity contribution < 1.29 is 27.2 Å². The highest BCUT2D eigenvalue weighted by molar-refractivity contribution is 7.89. The van der Waals surface area contributed by atoms with Crippen LogP contribution in [0.4, 0.5) is 0 Å². The molecular weight excluding hydrogens is 384 g/mol. The van der Waals surface area contributed by atoms with E-state index in [9.17, 15) is 18.0 Å². The second kappa shape index (κ2) is 9.03. The van der Waals surface area contributed by atoms with Gasteiger partial charge in [-0.25, -0.2) is 13.2 Å². The van der Waals surface area contributed by atoms with E-state index in [0.29, 0.717) is 5.76 Å². The number of hydrogen-bond donors (Lipinski definition) is 1. The summed E-state index contributed by atoms with van der Waals surface area (Å²) in [6.45, 7) is 5.10. The third kappa shape index (κ3) is 5.20. The summed E-state index contributed by atoms with van der Waals surface area (Å²) in [4.78, 5) is 24.4. The molecule has 8 nitrogen and oxygen atoms in total. The lowest BCUT2D eigenvalue weighted by Crippen LogP contribution is -2.35. The zero-order valence-electron chi connectivity index (χ0n) is 16.2. The van der Waals surface area contributed by atoms with Gasteiger partial charge >= 0.3 is 5.97 Å². The number of carbonyl (C=O) groups excluding carboxylic acids is 2. The van der Waals surface area contributed by atoms with Crippen molar-refractivity contribution >= 4 is 21.9 Å². The van der Waals surface area contributed by atoms with E-state index in [4.69, 9.17) is 9.15 Å². The highest BCUT2D eigenvalue weighted by Crippen LogP contribution is 2.18. The fourth-order valence-corrected chi connectivity index (χ4v) is 3.65. The summed E-state index contributed by atoms with van der Waals surface area (Å²) < 4.78 is 36.6. The first-order chi connectivity index (χ1) is 13.1. The molecule has 1 heterocycles. The zero-order chi connectivity index (χ0) is 20.9. The van der Waals surface area contributed by atoms with Crippen LogP contribution in [0.1, 0.15) is 36.9 Å². The van der Waals surface area contributed by atoms with Crippen LogP contribution >= 0.6 is 0 Å². The molecule has 1 amide bonds. The van der Waals surface area contributed by atoms with Gasteiger partial charge in [0.15, 0.2) is 6.10 Å². The molecular formula is C19H24N2O6S. The van der Waals surface area contributed by atoms with Crippen molar-refractivity contribution in [3.05, 3.63) is 54.0 Å². The van der Waals surface area contributed by atoms with Crippen LogP contribution in [0.5, 0.6) is 0 Å².